The van der Waals surface area contributed by atoms with Crippen molar-refractivity contribution in [2.24, 2.45) is 0 Å². The second-order valence-corrected chi connectivity index (χ2v) is 20.0. The maximum absolute atomic E-state index is 6.76. The maximum atomic E-state index is 6.76. The number of hydrogen-bond donors (Lipinski definition) is 0. The van der Waals surface area contributed by atoms with Crippen molar-refractivity contribution in [3.8, 4) is 56.4 Å². The average Bonchev–Trinajstić information content (AvgIpc) is 4.17. The monoisotopic (exact) mass is 907 g/mol. The normalized spacial score (nSPS) is 15.6. The summed E-state index contributed by atoms with van der Waals surface area (Å²) in [6, 6.07) is 82.7. The minimum Gasteiger partial charge on any atom is -0.456 e. The highest BCUT2D eigenvalue weighted by molar-refractivity contribution is 7.25. The van der Waals surface area contributed by atoms with Crippen molar-refractivity contribution < 1.29 is 4.42 Å². The van der Waals surface area contributed by atoms with E-state index in [4.69, 9.17) is 19.4 Å². The number of furan rings is 1. The van der Waals surface area contributed by atoms with E-state index in [-0.39, 0.29) is 0 Å². The highest BCUT2D eigenvalue weighted by Gasteiger charge is 2.52. The summed E-state index contributed by atoms with van der Waals surface area (Å²) in [5, 5.41) is 4.43. The SMILES string of the molecule is c1ccc(C2(c3ccc4c(c3)-c3ccccc3C43c4ccccc4-c4ccccc43)c3cccc(c3)-c3nc(-c4ccc5sc6ccccc6c5c4)nc(n3)-c3cccc4oc5ccc2cc5c34)cc1. The molecule has 4 heterocycles. The Morgan fingerprint density at radius 2 is 0.886 bits per heavy atom. The van der Waals surface area contributed by atoms with E-state index in [1.54, 1.807) is 0 Å². The summed E-state index contributed by atoms with van der Waals surface area (Å²) in [4.78, 5) is 16.1. The van der Waals surface area contributed by atoms with Gasteiger partial charge in [0.25, 0.3) is 0 Å². The van der Waals surface area contributed by atoms with E-state index in [0.717, 1.165) is 55.3 Å². The van der Waals surface area contributed by atoms with Crippen LogP contribution in [-0.4, -0.2) is 15.0 Å². The van der Waals surface area contributed by atoms with Crippen LogP contribution in [0.1, 0.15) is 44.5 Å². The smallest absolute Gasteiger partial charge is 0.164 e. The zero-order valence-electron chi connectivity index (χ0n) is 37.5. The average molecular weight is 908 g/mol. The lowest BCUT2D eigenvalue weighted by Gasteiger charge is -2.38. The molecule has 3 aliphatic rings. The van der Waals surface area contributed by atoms with E-state index in [1.165, 1.54) is 70.2 Å². The molecule has 324 valence electrons. The van der Waals surface area contributed by atoms with Crippen LogP contribution in [0.5, 0.6) is 0 Å². The van der Waals surface area contributed by atoms with Crippen molar-refractivity contribution in [2.45, 2.75) is 10.8 Å². The number of thiophene rings is 1. The Labute approximate surface area is 406 Å². The first kappa shape index (κ1) is 38.2. The van der Waals surface area contributed by atoms with Gasteiger partial charge in [0.05, 0.1) is 10.8 Å². The lowest BCUT2D eigenvalue weighted by molar-refractivity contribution is 0.668. The summed E-state index contributed by atoms with van der Waals surface area (Å²) in [7, 11) is 0. The van der Waals surface area contributed by atoms with Gasteiger partial charge < -0.3 is 4.42 Å². The third kappa shape index (κ3) is 4.91. The van der Waals surface area contributed by atoms with Crippen molar-refractivity contribution in [3.05, 3.63) is 269 Å². The second kappa shape index (κ2) is 13.9. The number of rotatable bonds is 3. The first-order valence-electron chi connectivity index (χ1n) is 23.9. The molecule has 1 unspecified atom stereocenters. The van der Waals surface area contributed by atoms with Gasteiger partial charge in [-0.3, -0.25) is 0 Å². The summed E-state index contributed by atoms with van der Waals surface area (Å²) >= 11 is 1.81. The second-order valence-electron chi connectivity index (χ2n) is 19.0. The number of fused-ring (bicyclic) bond motifs is 20. The first-order valence-corrected chi connectivity index (χ1v) is 24.7. The van der Waals surface area contributed by atoms with Crippen LogP contribution in [0.4, 0.5) is 0 Å². The Bertz CT molecular complexity index is 4350. The van der Waals surface area contributed by atoms with E-state index in [2.05, 4.69) is 218 Å². The molecule has 1 aliphatic heterocycles. The minimum atomic E-state index is -0.807. The zero-order chi connectivity index (χ0) is 45.7. The van der Waals surface area contributed by atoms with Gasteiger partial charge >= 0.3 is 0 Å². The molecule has 10 aromatic carbocycles. The molecule has 0 saturated carbocycles. The molecule has 0 saturated heterocycles. The Kier molecular flexibility index (Phi) is 7.60. The summed E-state index contributed by atoms with van der Waals surface area (Å²) in [6.07, 6.45) is 0. The van der Waals surface area contributed by atoms with Crippen LogP contribution in [0.25, 0.3) is 98.5 Å². The van der Waals surface area contributed by atoms with Gasteiger partial charge in [0.15, 0.2) is 17.5 Å². The van der Waals surface area contributed by atoms with Gasteiger partial charge in [0.1, 0.15) is 11.2 Å². The molecular weight excluding hydrogens is 871 g/mol. The lowest BCUT2D eigenvalue weighted by atomic mass is 9.64. The fraction of sp³-hybridized carbons (Fsp3) is 0.0308. The summed E-state index contributed by atoms with van der Waals surface area (Å²) in [5.41, 5.74) is 18.1. The highest BCUT2D eigenvalue weighted by Crippen LogP contribution is 2.63. The topological polar surface area (TPSA) is 51.8 Å². The van der Waals surface area contributed by atoms with E-state index in [9.17, 15) is 0 Å². The predicted molar refractivity (Wildman–Crippen MR) is 284 cm³/mol. The molecule has 2 aliphatic carbocycles. The summed E-state index contributed by atoms with van der Waals surface area (Å²) < 4.78 is 9.25. The van der Waals surface area contributed by atoms with Gasteiger partial charge in [-0.1, -0.05) is 170 Å². The summed E-state index contributed by atoms with van der Waals surface area (Å²) in [6.45, 7) is 0. The van der Waals surface area contributed by atoms with E-state index in [0.29, 0.717) is 17.5 Å². The fourth-order valence-electron chi connectivity index (χ4n) is 12.8. The molecule has 1 atom stereocenters. The largest absolute Gasteiger partial charge is 0.456 e. The molecule has 0 fully saturated rings. The molecule has 0 radical (unpaired) electrons. The van der Waals surface area contributed by atoms with Crippen LogP contribution in [0.3, 0.4) is 0 Å². The number of nitrogens with zero attached hydrogens (tertiary/aromatic N) is 3. The van der Waals surface area contributed by atoms with Crippen LogP contribution in [-0.2, 0) is 10.8 Å². The minimum absolute atomic E-state index is 0.454. The van der Waals surface area contributed by atoms with Crippen molar-refractivity contribution >= 4 is 53.4 Å². The maximum Gasteiger partial charge on any atom is 0.164 e. The Morgan fingerprint density at radius 1 is 0.314 bits per heavy atom. The van der Waals surface area contributed by atoms with Gasteiger partial charge in [0, 0.05) is 47.6 Å². The molecule has 6 bridgehead atoms. The Balaban J connectivity index is 1.00. The van der Waals surface area contributed by atoms with E-state index < -0.39 is 10.8 Å². The van der Waals surface area contributed by atoms with Crippen molar-refractivity contribution in [1.29, 1.82) is 0 Å². The number of aromatic nitrogens is 3. The number of hydrogen-bond acceptors (Lipinski definition) is 5. The molecule has 0 amide bonds. The molecular formula is C65H37N3OS. The van der Waals surface area contributed by atoms with Gasteiger partial charge in [-0.25, -0.2) is 15.0 Å². The van der Waals surface area contributed by atoms with Crippen molar-refractivity contribution in [1.82, 2.24) is 15.0 Å². The van der Waals surface area contributed by atoms with Gasteiger partial charge in [-0.05, 0) is 121 Å². The third-order valence-electron chi connectivity index (χ3n) is 15.6. The zero-order valence-corrected chi connectivity index (χ0v) is 38.3. The summed E-state index contributed by atoms with van der Waals surface area (Å²) in [5.74, 6) is 1.85. The number of benzene rings is 10. The van der Waals surface area contributed by atoms with E-state index >= 15 is 0 Å². The van der Waals surface area contributed by atoms with Gasteiger partial charge in [-0.15, -0.1) is 11.3 Å². The van der Waals surface area contributed by atoms with Crippen molar-refractivity contribution in [2.75, 3.05) is 0 Å². The van der Waals surface area contributed by atoms with Crippen LogP contribution < -0.4 is 0 Å². The Hall–Kier alpha value is -8.77. The van der Waals surface area contributed by atoms with Crippen LogP contribution in [0.2, 0.25) is 0 Å². The quantitative estimate of drug-likeness (QED) is 0.177. The molecule has 1 spiro atoms. The standard InChI is InChI=1S/C65H37N3OS/c1-2-15-40(16-3-1)64(42-29-31-55-49(36-42)46-20-6-10-25-54(46)65(55)52-23-8-4-18-44(52)45-19-5-9-24-53(45)65)41-17-12-14-38(34-41)61-66-62(39-28-33-59-50(35-39)47-21-7-11-27-58(47)70-59)68-63(67-61)48-22-13-26-57-60(48)51-37-43(64)30-32-56(51)69-57/h1-37H. The molecule has 4 nitrogen and oxygen atoms in total. The molecule has 3 aromatic heterocycles. The van der Waals surface area contributed by atoms with Crippen LogP contribution >= 0.6 is 11.3 Å². The predicted octanol–water partition coefficient (Wildman–Crippen LogP) is 16.2. The van der Waals surface area contributed by atoms with E-state index in [1.807, 2.05) is 17.4 Å². The van der Waals surface area contributed by atoms with Gasteiger partial charge in [0.2, 0.25) is 0 Å². The molecule has 0 N–H and O–H groups in total. The molecule has 16 rings (SSSR count). The lowest BCUT2D eigenvalue weighted by Crippen LogP contribution is -2.31. The van der Waals surface area contributed by atoms with Crippen LogP contribution in [0, 0.1) is 0 Å². The fourth-order valence-corrected chi connectivity index (χ4v) is 13.9. The third-order valence-corrected chi connectivity index (χ3v) is 16.8. The Morgan fingerprint density at radius 3 is 1.67 bits per heavy atom. The molecule has 70 heavy (non-hydrogen) atoms. The molecule has 13 aromatic rings. The molecule has 5 heteroatoms. The van der Waals surface area contributed by atoms with Gasteiger partial charge in [-0.2, -0.15) is 0 Å². The first-order chi connectivity index (χ1) is 34.7. The van der Waals surface area contributed by atoms with Crippen LogP contribution in [0.15, 0.2) is 229 Å². The van der Waals surface area contributed by atoms with Crippen molar-refractivity contribution in [3.63, 3.8) is 0 Å². The highest BCUT2D eigenvalue weighted by atomic mass is 32.1.